The van der Waals surface area contributed by atoms with Crippen LogP contribution in [0.2, 0.25) is 0 Å². The first-order chi connectivity index (χ1) is 25.5. The molecule has 2 aromatic heterocycles. The largest absolute Gasteiger partial charge is 1.00 e. The second-order valence-corrected chi connectivity index (χ2v) is 15.1. The van der Waals surface area contributed by atoms with Crippen LogP contribution < -0.4 is 46.1 Å². The zero-order chi connectivity index (χ0) is 39.2. The van der Waals surface area contributed by atoms with Gasteiger partial charge in [0.2, 0.25) is 0 Å². The molecule has 2 aromatic carbocycles. The summed E-state index contributed by atoms with van der Waals surface area (Å²) in [5, 5.41) is 11.5. The lowest BCUT2D eigenvalue weighted by Gasteiger charge is -2.29. The fraction of sp³-hybridized carbons (Fsp3) is 0.350. The van der Waals surface area contributed by atoms with Gasteiger partial charge in [0.15, 0.2) is 24.7 Å². The minimum absolute atomic E-state index is 0. The van der Waals surface area contributed by atoms with Crippen molar-refractivity contribution in [2.75, 3.05) is 78.1 Å². The van der Waals surface area contributed by atoms with Crippen LogP contribution in [0.5, 0.6) is 0 Å². The van der Waals surface area contributed by atoms with Crippen molar-refractivity contribution < 1.29 is 62.5 Å². The number of fused-ring (bicyclic) bond motifs is 2. The van der Waals surface area contributed by atoms with Crippen LogP contribution in [0.3, 0.4) is 0 Å². The summed E-state index contributed by atoms with van der Waals surface area (Å²) in [5.74, 6) is -1.49. The molecule has 1 aliphatic rings. The number of ketones is 2. The Morgan fingerprint density at radius 3 is 1.29 bits per heavy atom. The molecule has 4 amide bonds. The topological polar surface area (TPSA) is 160 Å². The van der Waals surface area contributed by atoms with Crippen LogP contribution in [0.25, 0.3) is 0 Å². The molecule has 1 aliphatic carbocycles. The average molecular weight is 810 g/mol. The monoisotopic (exact) mass is 808 g/mol. The third-order valence-electron chi connectivity index (χ3n) is 9.53. The summed E-state index contributed by atoms with van der Waals surface area (Å²) in [6.45, 7) is 2.56. The number of anilines is 2. The van der Waals surface area contributed by atoms with E-state index in [0.717, 1.165) is 0 Å². The second kappa shape index (κ2) is 19.0. The molecule has 0 spiro atoms. The van der Waals surface area contributed by atoms with Gasteiger partial charge in [0.1, 0.15) is 11.4 Å². The molecule has 0 saturated carbocycles. The van der Waals surface area contributed by atoms with E-state index in [9.17, 15) is 28.8 Å². The van der Waals surface area contributed by atoms with E-state index < -0.39 is 0 Å². The number of carbonyl (C=O) groups excluding carboxylic acids is 6. The number of carbonyl (C=O) groups is 6. The number of quaternary nitrogens is 2. The third-order valence-corrected chi connectivity index (χ3v) is 9.53. The highest BCUT2D eigenvalue weighted by Gasteiger charge is 2.31. The Labute approximate surface area is 339 Å². The van der Waals surface area contributed by atoms with Crippen molar-refractivity contribution in [3.05, 3.63) is 107 Å². The van der Waals surface area contributed by atoms with Crippen molar-refractivity contribution in [1.29, 1.82) is 0 Å². The summed E-state index contributed by atoms with van der Waals surface area (Å²) in [6.07, 6.45) is 4.97. The van der Waals surface area contributed by atoms with Crippen LogP contribution >= 0.6 is 0 Å². The molecule has 4 aromatic rings. The van der Waals surface area contributed by atoms with E-state index in [1.54, 1.807) is 33.4 Å². The van der Waals surface area contributed by atoms with E-state index in [-0.39, 0.29) is 95.4 Å². The number of hydrogen-bond acceptors (Lipinski definition) is 6. The molecule has 0 fully saturated rings. The number of benzene rings is 2. The first kappa shape index (κ1) is 45.1. The summed E-state index contributed by atoms with van der Waals surface area (Å²) >= 11 is 0. The first-order valence-electron chi connectivity index (χ1n) is 17.9. The molecule has 0 atom stereocenters. The second-order valence-electron chi connectivity index (χ2n) is 15.1. The SMILES string of the molecule is Cn1cccc1C(=O)NCCC[N+](C)(C)CC(=O)Nc1ccc2c(c1)C(=O)c1ccc(NC(=O)C[N+](C)(C)CCCNC(=O)c3cccn3C)cc1C2=O.[Cl-].[Cl-]. The molecule has 16 heteroatoms. The number of amides is 4. The van der Waals surface area contributed by atoms with E-state index in [1.165, 1.54) is 24.3 Å². The number of aryl methyl sites for hydroxylation is 2. The maximum Gasteiger partial charge on any atom is 0.279 e. The molecule has 300 valence electrons. The van der Waals surface area contributed by atoms with Crippen molar-refractivity contribution in [3.8, 4) is 0 Å². The molecule has 0 bridgehead atoms. The van der Waals surface area contributed by atoms with Gasteiger partial charge in [-0.1, -0.05) is 0 Å². The molecule has 0 aliphatic heterocycles. The maximum atomic E-state index is 13.6. The number of nitrogens with zero attached hydrogens (tertiary/aromatic N) is 4. The third kappa shape index (κ3) is 11.4. The van der Waals surface area contributed by atoms with Crippen LogP contribution in [0, 0.1) is 0 Å². The van der Waals surface area contributed by atoms with Gasteiger partial charge in [-0.2, -0.15) is 0 Å². The van der Waals surface area contributed by atoms with Crippen molar-refractivity contribution in [2.45, 2.75) is 12.8 Å². The van der Waals surface area contributed by atoms with Crippen molar-refractivity contribution >= 4 is 46.6 Å². The molecule has 5 rings (SSSR count). The van der Waals surface area contributed by atoms with Crippen LogP contribution in [0.1, 0.15) is 65.7 Å². The zero-order valence-electron chi connectivity index (χ0n) is 32.6. The molecule has 4 N–H and O–H groups in total. The highest BCUT2D eigenvalue weighted by molar-refractivity contribution is 6.29. The Kier molecular flexibility index (Phi) is 15.3. The highest BCUT2D eigenvalue weighted by Crippen LogP contribution is 2.31. The fourth-order valence-corrected chi connectivity index (χ4v) is 6.64. The molecule has 2 heterocycles. The number of halogens is 2. The normalized spacial score (nSPS) is 12.0. The summed E-state index contributed by atoms with van der Waals surface area (Å²) in [6, 6.07) is 16.5. The number of hydrogen-bond donors (Lipinski definition) is 4. The van der Waals surface area contributed by atoms with Crippen LogP contribution in [0.4, 0.5) is 11.4 Å². The molecular weight excluding hydrogens is 759 g/mol. The van der Waals surface area contributed by atoms with Crippen LogP contribution in [-0.2, 0) is 23.7 Å². The van der Waals surface area contributed by atoms with Gasteiger partial charge in [0.25, 0.3) is 23.6 Å². The lowest BCUT2D eigenvalue weighted by atomic mass is 9.83. The Bertz CT molecular complexity index is 1960. The predicted molar refractivity (Wildman–Crippen MR) is 205 cm³/mol. The van der Waals surface area contributed by atoms with E-state index in [0.29, 0.717) is 70.7 Å². The quantitative estimate of drug-likeness (QED) is 0.0608. The van der Waals surface area contributed by atoms with Crippen molar-refractivity contribution in [1.82, 2.24) is 19.8 Å². The molecule has 56 heavy (non-hydrogen) atoms. The first-order valence-corrected chi connectivity index (χ1v) is 17.9. The van der Waals surface area contributed by atoms with Gasteiger partial charge in [-0.3, -0.25) is 28.8 Å². The van der Waals surface area contributed by atoms with Crippen LogP contribution in [-0.4, -0.2) is 121 Å². The number of likely N-dealkylation sites (N-methyl/N-ethyl adjacent to an activating group) is 2. The van der Waals surface area contributed by atoms with Gasteiger partial charge >= 0.3 is 0 Å². The molecule has 14 nitrogen and oxygen atoms in total. The Balaban J connectivity index is 0.00000420. The van der Waals surface area contributed by atoms with Crippen molar-refractivity contribution in [3.63, 3.8) is 0 Å². The van der Waals surface area contributed by atoms with Gasteiger partial charge < -0.3 is 64.2 Å². The Morgan fingerprint density at radius 1 is 0.571 bits per heavy atom. The fourth-order valence-electron chi connectivity index (χ4n) is 6.64. The lowest BCUT2D eigenvalue weighted by molar-refractivity contribution is -0.882. The predicted octanol–water partition coefficient (Wildman–Crippen LogP) is -3.18. The van der Waals surface area contributed by atoms with Gasteiger partial charge in [0, 0.05) is 86.0 Å². The van der Waals surface area contributed by atoms with E-state index in [2.05, 4.69) is 21.3 Å². The van der Waals surface area contributed by atoms with Gasteiger partial charge in [-0.15, -0.1) is 0 Å². The number of rotatable bonds is 16. The smallest absolute Gasteiger partial charge is 0.279 e. The lowest BCUT2D eigenvalue weighted by Crippen LogP contribution is -3.00. The maximum absolute atomic E-state index is 13.6. The molecule has 0 saturated heterocycles. The summed E-state index contributed by atoms with van der Waals surface area (Å²) in [4.78, 5) is 77.9. The van der Waals surface area contributed by atoms with Gasteiger partial charge in [-0.25, -0.2) is 0 Å². The van der Waals surface area contributed by atoms with Crippen LogP contribution in [0.15, 0.2) is 73.1 Å². The van der Waals surface area contributed by atoms with E-state index in [1.807, 2.05) is 66.8 Å². The average Bonchev–Trinajstić information content (AvgIpc) is 3.74. The zero-order valence-corrected chi connectivity index (χ0v) is 34.1. The Hall–Kier alpha value is -5.28. The van der Waals surface area contributed by atoms with Gasteiger partial charge in [0.05, 0.1) is 41.3 Å². The Morgan fingerprint density at radius 2 is 0.946 bits per heavy atom. The van der Waals surface area contributed by atoms with E-state index in [4.69, 9.17) is 0 Å². The number of aromatic nitrogens is 2. The minimum atomic E-state index is -0.348. The van der Waals surface area contributed by atoms with Crippen molar-refractivity contribution in [2.24, 2.45) is 14.1 Å². The minimum Gasteiger partial charge on any atom is -1.00 e. The molecule has 0 unspecified atom stereocenters. The molecule has 0 radical (unpaired) electrons. The summed E-state index contributed by atoms with van der Waals surface area (Å²) in [7, 11) is 11.3. The number of nitrogens with one attached hydrogen (secondary N) is 4. The summed E-state index contributed by atoms with van der Waals surface area (Å²) < 4.78 is 4.27. The molecular formula is C40H50Cl2N8O6. The summed E-state index contributed by atoms with van der Waals surface area (Å²) in [5.41, 5.74) is 2.81. The standard InChI is InChI=1S/C40H48N8O6.2ClH/c1-45-19-7-11-33(45)39(53)41-17-9-21-47(3,4)25-35(49)43-27-13-15-29-31(23-27)37(51)30-16-14-28(24-32(30)38(29)52)44-36(50)26-48(5,6)22-10-18-42-40(54)34-12-8-20-46(34)2;;/h7-8,11-16,19-20,23-24H,9-10,17-18,21-22,25-26H2,1-6H3,(H2-2,41,42,43,44,49,50,51,52,53,54);2*1H. The van der Waals surface area contributed by atoms with Gasteiger partial charge in [-0.05, 0) is 60.7 Å². The highest BCUT2D eigenvalue weighted by atomic mass is 35.5. The van der Waals surface area contributed by atoms with E-state index >= 15 is 0 Å².